The van der Waals surface area contributed by atoms with Gasteiger partial charge in [-0.15, -0.1) is 11.3 Å². The third-order valence-electron chi connectivity index (χ3n) is 4.17. The van der Waals surface area contributed by atoms with E-state index in [4.69, 9.17) is 14.2 Å². The number of ether oxygens (including phenoxy) is 3. The Hall–Kier alpha value is -3.46. The van der Waals surface area contributed by atoms with Gasteiger partial charge in [-0.3, -0.25) is 10.1 Å². The summed E-state index contributed by atoms with van der Waals surface area (Å²) in [6.45, 7) is 1.57. The zero-order chi connectivity index (χ0) is 21.0. The molecule has 3 aromatic rings. The van der Waals surface area contributed by atoms with Crippen LogP contribution in [0.1, 0.15) is 21.6 Å². The van der Waals surface area contributed by atoms with E-state index in [0.717, 1.165) is 10.6 Å². The molecule has 0 aliphatic rings. The molecule has 150 valence electrons. The minimum Gasteiger partial charge on any atom is -0.493 e. The van der Waals surface area contributed by atoms with Crippen LogP contribution >= 0.6 is 11.3 Å². The summed E-state index contributed by atoms with van der Waals surface area (Å²) in [6.07, 6.45) is 0. The van der Waals surface area contributed by atoms with Crippen molar-refractivity contribution in [3.63, 3.8) is 0 Å². The molecule has 0 unspecified atom stereocenters. The van der Waals surface area contributed by atoms with Crippen molar-refractivity contribution in [3.05, 3.63) is 68.7 Å². The topological polar surface area (TPSA) is 101 Å². The van der Waals surface area contributed by atoms with Gasteiger partial charge in [0.05, 0.1) is 30.4 Å². The first kappa shape index (κ1) is 20.3. The molecule has 0 spiro atoms. The maximum Gasteiger partial charge on any atom is 0.338 e. The van der Waals surface area contributed by atoms with E-state index in [9.17, 15) is 14.9 Å². The molecule has 0 aliphatic heterocycles. The second kappa shape index (κ2) is 8.70. The lowest BCUT2D eigenvalue weighted by Crippen LogP contribution is -2.06. The lowest BCUT2D eigenvalue weighted by atomic mass is 10.1. The number of carbonyl (C=O) groups excluding carboxylic acids is 1. The summed E-state index contributed by atoms with van der Waals surface area (Å²) in [7, 11) is 3.12. The summed E-state index contributed by atoms with van der Waals surface area (Å²) >= 11 is 1.40. The molecule has 0 aliphatic carbocycles. The van der Waals surface area contributed by atoms with Crippen molar-refractivity contribution in [2.75, 3.05) is 14.2 Å². The Morgan fingerprint density at radius 3 is 2.59 bits per heavy atom. The van der Waals surface area contributed by atoms with Gasteiger partial charge < -0.3 is 14.2 Å². The minimum atomic E-state index is -0.645. The van der Waals surface area contributed by atoms with E-state index in [1.165, 1.54) is 29.5 Å². The third kappa shape index (κ3) is 4.52. The van der Waals surface area contributed by atoms with Gasteiger partial charge in [0.2, 0.25) is 0 Å². The van der Waals surface area contributed by atoms with Crippen LogP contribution in [0, 0.1) is 17.0 Å². The van der Waals surface area contributed by atoms with Crippen molar-refractivity contribution in [2.24, 2.45) is 0 Å². The number of methoxy groups -OCH3 is 2. The number of aromatic nitrogens is 1. The first-order valence-corrected chi connectivity index (χ1v) is 9.40. The number of aryl methyl sites for hydroxylation is 1. The summed E-state index contributed by atoms with van der Waals surface area (Å²) < 4.78 is 15.8. The van der Waals surface area contributed by atoms with Gasteiger partial charge in [-0.2, -0.15) is 0 Å². The molecule has 2 aromatic carbocycles. The second-order valence-electron chi connectivity index (χ2n) is 6.05. The van der Waals surface area contributed by atoms with Crippen molar-refractivity contribution >= 4 is 23.0 Å². The average molecular weight is 414 g/mol. The molecule has 0 bridgehead atoms. The summed E-state index contributed by atoms with van der Waals surface area (Å²) in [4.78, 5) is 27.2. The van der Waals surface area contributed by atoms with E-state index in [1.807, 2.05) is 12.1 Å². The Morgan fingerprint density at radius 1 is 1.14 bits per heavy atom. The summed E-state index contributed by atoms with van der Waals surface area (Å²) in [5, 5.41) is 13.6. The molecule has 0 amide bonds. The van der Waals surface area contributed by atoms with Crippen LogP contribution in [0.25, 0.3) is 10.6 Å². The highest BCUT2D eigenvalue weighted by molar-refractivity contribution is 7.13. The van der Waals surface area contributed by atoms with Gasteiger partial charge >= 0.3 is 5.97 Å². The molecular weight excluding hydrogens is 396 g/mol. The lowest BCUT2D eigenvalue weighted by molar-refractivity contribution is -0.385. The molecule has 0 saturated heterocycles. The first-order chi connectivity index (χ1) is 13.9. The molecule has 1 aromatic heterocycles. The molecule has 29 heavy (non-hydrogen) atoms. The maximum atomic E-state index is 12.2. The van der Waals surface area contributed by atoms with Crippen LogP contribution in [0.4, 0.5) is 5.69 Å². The van der Waals surface area contributed by atoms with Gasteiger partial charge in [0, 0.05) is 22.6 Å². The van der Waals surface area contributed by atoms with E-state index in [2.05, 4.69) is 4.98 Å². The average Bonchev–Trinajstić information content (AvgIpc) is 3.20. The Bertz CT molecular complexity index is 1060. The van der Waals surface area contributed by atoms with Crippen LogP contribution in [0.3, 0.4) is 0 Å². The molecule has 0 fully saturated rings. The summed E-state index contributed by atoms with van der Waals surface area (Å²) in [5.74, 6) is 0.567. The van der Waals surface area contributed by atoms with E-state index in [0.29, 0.717) is 22.8 Å². The van der Waals surface area contributed by atoms with Crippen LogP contribution < -0.4 is 9.47 Å². The number of nitro groups is 1. The fraction of sp³-hybridized carbons (Fsp3) is 0.200. The predicted molar refractivity (Wildman–Crippen MR) is 108 cm³/mol. The monoisotopic (exact) mass is 414 g/mol. The maximum absolute atomic E-state index is 12.2. The van der Waals surface area contributed by atoms with Crippen LogP contribution in [-0.2, 0) is 11.3 Å². The first-order valence-electron chi connectivity index (χ1n) is 8.52. The number of carbonyl (C=O) groups is 1. The van der Waals surface area contributed by atoms with Gasteiger partial charge in [-0.25, -0.2) is 9.78 Å². The third-order valence-corrected chi connectivity index (χ3v) is 5.12. The van der Waals surface area contributed by atoms with E-state index >= 15 is 0 Å². The highest BCUT2D eigenvalue weighted by Crippen LogP contribution is 2.33. The van der Waals surface area contributed by atoms with Gasteiger partial charge in [0.15, 0.2) is 11.5 Å². The van der Waals surface area contributed by atoms with Gasteiger partial charge in [-0.05, 0) is 31.2 Å². The standard InChI is InChI=1S/C20H18N2O6S/c1-12-4-5-14(8-16(12)22(24)25)20(23)28-10-15-11-29-19(21-15)13-6-7-17(26-2)18(9-13)27-3/h4-9,11H,10H2,1-3H3. The number of hydrogen-bond donors (Lipinski definition) is 0. The van der Waals surface area contributed by atoms with Crippen molar-refractivity contribution in [3.8, 4) is 22.1 Å². The Balaban J connectivity index is 1.70. The normalized spacial score (nSPS) is 10.4. The number of nitrogens with zero attached hydrogens (tertiary/aromatic N) is 2. The van der Waals surface area contributed by atoms with Crippen molar-refractivity contribution in [1.82, 2.24) is 4.98 Å². The largest absolute Gasteiger partial charge is 0.493 e. The smallest absolute Gasteiger partial charge is 0.338 e. The molecule has 3 rings (SSSR count). The minimum absolute atomic E-state index is 0.0374. The van der Waals surface area contributed by atoms with E-state index in [-0.39, 0.29) is 17.9 Å². The Kier molecular flexibility index (Phi) is 6.08. The zero-order valence-electron chi connectivity index (χ0n) is 16.0. The second-order valence-corrected chi connectivity index (χ2v) is 6.91. The fourth-order valence-electron chi connectivity index (χ4n) is 2.63. The molecule has 0 saturated carbocycles. The predicted octanol–water partition coefficient (Wildman–Crippen LogP) is 4.40. The lowest BCUT2D eigenvalue weighted by Gasteiger charge is -2.08. The quantitative estimate of drug-likeness (QED) is 0.321. The molecule has 1 heterocycles. The fourth-order valence-corrected chi connectivity index (χ4v) is 3.43. The van der Waals surface area contributed by atoms with Gasteiger partial charge in [0.25, 0.3) is 5.69 Å². The van der Waals surface area contributed by atoms with E-state index in [1.54, 1.807) is 32.6 Å². The van der Waals surface area contributed by atoms with Crippen LogP contribution in [0.5, 0.6) is 11.5 Å². The molecule has 0 radical (unpaired) electrons. The van der Waals surface area contributed by atoms with Crippen molar-refractivity contribution < 1.29 is 23.9 Å². The molecule has 0 atom stereocenters. The number of nitro benzene ring substituents is 1. The molecule has 0 N–H and O–H groups in total. The molecule has 9 heteroatoms. The molecule has 8 nitrogen and oxygen atoms in total. The van der Waals surface area contributed by atoms with Crippen LogP contribution in [0.2, 0.25) is 0 Å². The van der Waals surface area contributed by atoms with Gasteiger partial charge in [0.1, 0.15) is 11.6 Å². The number of esters is 1. The van der Waals surface area contributed by atoms with Crippen LogP contribution in [-0.4, -0.2) is 30.1 Å². The molecular formula is C20H18N2O6S. The zero-order valence-corrected chi connectivity index (χ0v) is 16.8. The number of hydrogen-bond acceptors (Lipinski definition) is 8. The SMILES string of the molecule is COc1ccc(-c2nc(COC(=O)c3ccc(C)c([N+](=O)[O-])c3)cs2)cc1OC. The highest BCUT2D eigenvalue weighted by Gasteiger charge is 2.17. The Morgan fingerprint density at radius 2 is 1.90 bits per heavy atom. The number of benzene rings is 2. The van der Waals surface area contributed by atoms with Crippen molar-refractivity contribution in [1.29, 1.82) is 0 Å². The summed E-state index contributed by atoms with van der Waals surface area (Å²) in [6, 6.07) is 9.71. The summed E-state index contributed by atoms with van der Waals surface area (Å²) in [5.41, 5.74) is 1.90. The number of thiazole rings is 1. The Labute approximate surface area is 170 Å². The van der Waals surface area contributed by atoms with Crippen LogP contribution in [0.15, 0.2) is 41.8 Å². The van der Waals surface area contributed by atoms with Crippen molar-refractivity contribution in [2.45, 2.75) is 13.5 Å². The van der Waals surface area contributed by atoms with Gasteiger partial charge in [-0.1, -0.05) is 6.07 Å². The van der Waals surface area contributed by atoms with E-state index < -0.39 is 10.9 Å². The number of rotatable bonds is 7. The highest BCUT2D eigenvalue weighted by atomic mass is 32.1.